The summed E-state index contributed by atoms with van der Waals surface area (Å²) in [7, 11) is 3.41. The number of nitrogens with one attached hydrogen (secondary N) is 1. The van der Waals surface area contributed by atoms with E-state index in [0.717, 1.165) is 31.2 Å². The average Bonchev–Trinajstić information content (AvgIpc) is 3.03. The molecule has 0 saturated heterocycles. The highest BCUT2D eigenvalue weighted by molar-refractivity contribution is 5.80. The third kappa shape index (κ3) is 5.61. The smallest absolute Gasteiger partial charge is 0.262 e. The molecule has 1 aliphatic carbocycles. The number of likely N-dealkylation sites (N-methyl/N-ethyl adjacent to an activating group) is 1. The van der Waals surface area contributed by atoms with Crippen LogP contribution < -0.4 is 14.8 Å². The summed E-state index contributed by atoms with van der Waals surface area (Å²) in [5.74, 6) is 1.10. The van der Waals surface area contributed by atoms with Crippen molar-refractivity contribution in [2.75, 3.05) is 27.2 Å². The fourth-order valence-electron chi connectivity index (χ4n) is 3.28. The third-order valence-corrected chi connectivity index (χ3v) is 4.72. The van der Waals surface area contributed by atoms with Crippen molar-refractivity contribution >= 4 is 5.91 Å². The molecule has 1 unspecified atom stereocenters. The van der Waals surface area contributed by atoms with Crippen LogP contribution in [0.2, 0.25) is 0 Å². The van der Waals surface area contributed by atoms with Crippen molar-refractivity contribution in [3.8, 4) is 11.5 Å². The van der Waals surface area contributed by atoms with Crippen molar-refractivity contribution in [3.05, 3.63) is 23.8 Å². The zero-order chi connectivity index (χ0) is 19.2. The fourth-order valence-corrected chi connectivity index (χ4v) is 3.28. The van der Waals surface area contributed by atoms with Crippen LogP contribution in [0.25, 0.3) is 0 Å². The molecular weight excluding hydrogens is 332 g/mol. The molecule has 1 aromatic carbocycles. The molecule has 1 atom stereocenters. The molecule has 26 heavy (non-hydrogen) atoms. The molecule has 146 valence electrons. The van der Waals surface area contributed by atoms with Gasteiger partial charge in [-0.05, 0) is 44.4 Å². The van der Waals surface area contributed by atoms with Gasteiger partial charge in [0.25, 0.3) is 5.91 Å². The van der Waals surface area contributed by atoms with Gasteiger partial charge in [-0.1, -0.05) is 18.9 Å². The van der Waals surface area contributed by atoms with E-state index >= 15 is 0 Å². The van der Waals surface area contributed by atoms with Crippen molar-refractivity contribution in [1.82, 2.24) is 10.2 Å². The summed E-state index contributed by atoms with van der Waals surface area (Å²) in [6, 6.07) is 5.72. The summed E-state index contributed by atoms with van der Waals surface area (Å²) in [6.45, 7) is 5.41. The number of carbonyl (C=O) groups is 1. The van der Waals surface area contributed by atoms with Crippen LogP contribution in [0.3, 0.4) is 0 Å². The first kappa shape index (κ1) is 20.5. The van der Waals surface area contributed by atoms with Gasteiger partial charge in [-0.2, -0.15) is 0 Å². The Kier molecular flexibility index (Phi) is 7.29. The second kappa shape index (κ2) is 9.24. The van der Waals surface area contributed by atoms with Crippen molar-refractivity contribution in [2.45, 2.75) is 57.8 Å². The van der Waals surface area contributed by atoms with Crippen molar-refractivity contribution in [1.29, 1.82) is 0 Å². The second-order valence-electron chi connectivity index (χ2n) is 7.24. The molecule has 0 aliphatic heterocycles. The Morgan fingerprint density at radius 2 is 2.00 bits per heavy atom. The monoisotopic (exact) mass is 364 g/mol. The number of ether oxygens (including phenoxy) is 2. The first-order valence-corrected chi connectivity index (χ1v) is 9.41. The van der Waals surface area contributed by atoms with Gasteiger partial charge in [0, 0.05) is 27.2 Å². The van der Waals surface area contributed by atoms with Gasteiger partial charge in [0.1, 0.15) is 0 Å². The number of nitrogens with zero attached hydrogens (tertiary/aromatic N) is 1. The minimum Gasteiger partial charge on any atom is -0.490 e. The van der Waals surface area contributed by atoms with Crippen molar-refractivity contribution in [2.24, 2.45) is 0 Å². The molecule has 1 amide bonds. The summed E-state index contributed by atoms with van der Waals surface area (Å²) in [5.41, 5.74) is 0.488. The van der Waals surface area contributed by atoms with E-state index < -0.39 is 11.7 Å². The van der Waals surface area contributed by atoms with Crippen LogP contribution in [-0.4, -0.2) is 54.9 Å². The van der Waals surface area contributed by atoms with Crippen molar-refractivity contribution < 1.29 is 19.4 Å². The Hall–Kier alpha value is -1.79. The van der Waals surface area contributed by atoms with Crippen LogP contribution >= 0.6 is 0 Å². The molecular formula is C20H32N2O4. The molecule has 0 heterocycles. The number of rotatable bonds is 9. The lowest BCUT2D eigenvalue weighted by Gasteiger charge is -2.23. The molecule has 0 radical (unpaired) electrons. The van der Waals surface area contributed by atoms with Crippen molar-refractivity contribution in [3.63, 3.8) is 0 Å². The predicted molar refractivity (Wildman–Crippen MR) is 102 cm³/mol. The van der Waals surface area contributed by atoms with Gasteiger partial charge in [-0.15, -0.1) is 0 Å². The number of hydrogen-bond acceptors (Lipinski definition) is 5. The van der Waals surface area contributed by atoms with E-state index in [0.29, 0.717) is 31.2 Å². The highest BCUT2D eigenvalue weighted by atomic mass is 16.5. The van der Waals surface area contributed by atoms with Crippen LogP contribution in [-0.2, 0) is 11.3 Å². The maximum Gasteiger partial charge on any atom is 0.262 e. The van der Waals surface area contributed by atoms with E-state index in [9.17, 15) is 9.90 Å². The Labute approximate surface area is 156 Å². The van der Waals surface area contributed by atoms with Gasteiger partial charge in [-0.3, -0.25) is 4.79 Å². The van der Waals surface area contributed by atoms with Gasteiger partial charge in [0.05, 0.1) is 12.2 Å². The van der Waals surface area contributed by atoms with E-state index in [4.69, 9.17) is 9.47 Å². The maximum atomic E-state index is 12.0. The minimum atomic E-state index is -0.579. The first-order chi connectivity index (χ1) is 12.3. The highest BCUT2D eigenvalue weighted by Crippen LogP contribution is 2.31. The van der Waals surface area contributed by atoms with Crippen LogP contribution in [0.5, 0.6) is 11.5 Å². The minimum absolute atomic E-state index is 0.0944. The predicted octanol–water partition coefficient (Wildman–Crippen LogP) is 2.34. The molecule has 2 N–H and O–H groups in total. The molecule has 6 nitrogen and oxygen atoms in total. The normalized spacial score (nSPS) is 17.0. The number of carbonyl (C=O) groups excluding carboxylic acids is 1. The summed E-state index contributed by atoms with van der Waals surface area (Å²) in [4.78, 5) is 13.5. The van der Waals surface area contributed by atoms with Gasteiger partial charge in [-0.25, -0.2) is 0 Å². The Morgan fingerprint density at radius 1 is 1.31 bits per heavy atom. The summed E-state index contributed by atoms with van der Waals surface area (Å²) in [5, 5.41) is 13.7. The Bertz CT molecular complexity index is 597. The van der Waals surface area contributed by atoms with E-state index in [-0.39, 0.29) is 5.91 Å². The van der Waals surface area contributed by atoms with Crippen LogP contribution in [0.1, 0.15) is 45.1 Å². The standard InChI is InChI=1S/C20H32N2O4/c1-5-25-18-12-16(13-21-14-20(24)10-6-7-11-20)8-9-17(18)26-15(2)19(23)22(3)4/h8-9,12,15,21,24H,5-7,10-11,13-14H2,1-4H3. The second-order valence-corrected chi connectivity index (χ2v) is 7.24. The third-order valence-electron chi connectivity index (χ3n) is 4.72. The zero-order valence-electron chi connectivity index (χ0n) is 16.4. The molecule has 1 aliphatic rings. The molecule has 6 heteroatoms. The lowest BCUT2D eigenvalue weighted by Crippen LogP contribution is -2.37. The summed E-state index contributed by atoms with van der Waals surface area (Å²) < 4.78 is 11.5. The maximum absolute atomic E-state index is 12.0. The van der Waals surface area contributed by atoms with Gasteiger partial charge < -0.3 is 24.8 Å². The SMILES string of the molecule is CCOc1cc(CNCC2(O)CCCC2)ccc1OC(C)C(=O)N(C)C. The first-order valence-electron chi connectivity index (χ1n) is 9.41. The van der Waals surface area contributed by atoms with E-state index in [2.05, 4.69) is 5.32 Å². The molecule has 0 aromatic heterocycles. The lowest BCUT2D eigenvalue weighted by atomic mass is 10.0. The average molecular weight is 364 g/mol. The van der Waals surface area contributed by atoms with E-state index in [1.807, 2.05) is 25.1 Å². The molecule has 2 rings (SSSR count). The topological polar surface area (TPSA) is 71.0 Å². The molecule has 0 bridgehead atoms. The Balaban J connectivity index is 1.99. The van der Waals surface area contributed by atoms with Crippen LogP contribution in [0, 0.1) is 0 Å². The fraction of sp³-hybridized carbons (Fsp3) is 0.650. The largest absolute Gasteiger partial charge is 0.490 e. The van der Waals surface area contributed by atoms with Crippen LogP contribution in [0.4, 0.5) is 0 Å². The van der Waals surface area contributed by atoms with E-state index in [1.54, 1.807) is 21.0 Å². The number of hydrogen-bond donors (Lipinski definition) is 2. The van der Waals surface area contributed by atoms with Crippen LogP contribution in [0.15, 0.2) is 18.2 Å². The molecule has 1 aromatic rings. The molecule has 1 fully saturated rings. The van der Waals surface area contributed by atoms with Gasteiger partial charge in [0.2, 0.25) is 0 Å². The molecule has 1 saturated carbocycles. The summed E-state index contributed by atoms with van der Waals surface area (Å²) >= 11 is 0. The number of amides is 1. The lowest BCUT2D eigenvalue weighted by molar-refractivity contribution is -0.135. The zero-order valence-corrected chi connectivity index (χ0v) is 16.4. The van der Waals surface area contributed by atoms with E-state index in [1.165, 1.54) is 4.90 Å². The molecule has 0 spiro atoms. The highest BCUT2D eigenvalue weighted by Gasteiger charge is 2.30. The number of benzene rings is 1. The van der Waals surface area contributed by atoms with Gasteiger partial charge in [0.15, 0.2) is 17.6 Å². The quantitative estimate of drug-likeness (QED) is 0.704. The Morgan fingerprint density at radius 3 is 2.62 bits per heavy atom. The van der Waals surface area contributed by atoms with Gasteiger partial charge >= 0.3 is 0 Å². The summed E-state index contributed by atoms with van der Waals surface area (Å²) in [6.07, 6.45) is 3.36. The number of aliphatic hydroxyl groups is 1.